The van der Waals surface area contributed by atoms with E-state index in [1.165, 1.54) is 6.07 Å². The zero-order valence-corrected chi connectivity index (χ0v) is 9.77. The minimum atomic E-state index is -0.203. The van der Waals surface area contributed by atoms with Gasteiger partial charge in [-0.05, 0) is 22.3 Å². The van der Waals surface area contributed by atoms with Crippen molar-refractivity contribution in [3.05, 3.63) is 84.8 Å². The fraction of sp³-hybridized carbons (Fsp3) is 0. The monoisotopic (exact) mass is 234 g/mol. The lowest BCUT2D eigenvalue weighted by Crippen LogP contribution is -1.83. The Hall–Kier alpha value is -2.34. The molecule has 86 valence electrons. The molecule has 18 heavy (non-hydrogen) atoms. The molecule has 3 aromatic carbocycles. The van der Waals surface area contributed by atoms with E-state index in [9.17, 15) is 0 Å². The van der Waals surface area contributed by atoms with E-state index in [0.29, 0.717) is 5.56 Å². The van der Waals surface area contributed by atoms with Crippen molar-refractivity contribution in [3.8, 4) is 22.3 Å². The molecule has 0 aliphatic rings. The highest BCUT2D eigenvalue weighted by atomic mass is 14.1. The van der Waals surface area contributed by atoms with E-state index < -0.39 is 0 Å². The van der Waals surface area contributed by atoms with Gasteiger partial charge >= 0.3 is 0 Å². The molecule has 0 amide bonds. The van der Waals surface area contributed by atoms with E-state index in [1.807, 2.05) is 54.6 Å². The molecule has 0 nitrogen and oxygen atoms in total. The quantitative estimate of drug-likeness (QED) is 0.584. The van der Waals surface area contributed by atoms with Crippen LogP contribution in [0.2, 0.25) is 0 Å². The average Bonchev–Trinajstić information content (AvgIpc) is 2.57. The number of hydrogen-bond acceptors (Lipinski definition) is 0. The molecule has 0 saturated heterocycles. The second kappa shape index (κ2) is 4.89. The van der Waals surface area contributed by atoms with Gasteiger partial charge in [-0.25, -0.2) is 0 Å². The van der Waals surface area contributed by atoms with Gasteiger partial charge in [-0.15, -0.1) is 0 Å². The smallest absolute Gasteiger partial charge is 0.0622 e. The van der Waals surface area contributed by atoms with Gasteiger partial charge in [-0.3, -0.25) is 0 Å². The predicted octanol–water partition coefficient (Wildman–Crippen LogP) is 5.02. The van der Waals surface area contributed by atoms with Gasteiger partial charge < -0.3 is 0 Å². The standard InChI is InChI=1S/C18H14/c1-3-9-15(10-4-1)17-13-7-8-14-18(17)16-11-5-2-6-12-16/h1-14H/i1D,3D,4D,9D. The van der Waals surface area contributed by atoms with Crippen LogP contribution >= 0.6 is 0 Å². The van der Waals surface area contributed by atoms with E-state index in [1.54, 1.807) is 0 Å². The maximum absolute atomic E-state index is 8.14. The average molecular weight is 234 g/mol. The van der Waals surface area contributed by atoms with Gasteiger partial charge in [0, 0.05) is 0 Å². The van der Waals surface area contributed by atoms with Crippen LogP contribution < -0.4 is 0 Å². The van der Waals surface area contributed by atoms with Gasteiger partial charge in [0.1, 0.15) is 0 Å². The van der Waals surface area contributed by atoms with Crippen LogP contribution in [0.3, 0.4) is 0 Å². The lowest BCUT2D eigenvalue weighted by molar-refractivity contribution is 1.58. The highest BCUT2D eigenvalue weighted by Crippen LogP contribution is 2.31. The molecule has 0 heterocycles. The summed E-state index contributed by atoms with van der Waals surface area (Å²) in [6, 6.07) is 18.5. The molecule has 3 aromatic rings. The molecule has 0 atom stereocenters. The first kappa shape index (κ1) is 7.17. The normalized spacial score (nSPS) is 13.3. The van der Waals surface area contributed by atoms with E-state index in [-0.39, 0.29) is 24.2 Å². The molecule has 0 aliphatic heterocycles. The summed E-state index contributed by atoms with van der Waals surface area (Å²) in [5.74, 6) is 0. The van der Waals surface area contributed by atoms with Crippen LogP contribution in [-0.4, -0.2) is 0 Å². The zero-order valence-electron chi connectivity index (χ0n) is 13.8. The third kappa shape index (κ3) is 2.05. The van der Waals surface area contributed by atoms with Crippen molar-refractivity contribution in [1.82, 2.24) is 0 Å². The molecule has 0 spiro atoms. The van der Waals surface area contributed by atoms with Crippen molar-refractivity contribution < 1.29 is 5.48 Å². The Balaban J connectivity index is 2.27. The van der Waals surface area contributed by atoms with E-state index in [4.69, 9.17) is 5.48 Å². The highest BCUT2D eigenvalue weighted by molar-refractivity contribution is 5.83. The fourth-order valence-electron chi connectivity index (χ4n) is 2.01. The summed E-state index contributed by atoms with van der Waals surface area (Å²) in [5, 5.41) is 0. The highest BCUT2D eigenvalue weighted by Gasteiger charge is 2.05. The largest absolute Gasteiger partial charge is 0.0629 e. The number of hydrogen-bond donors (Lipinski definition) is 0. The molecule has 0 N–H and O–H groups in total. The first-order valence-corrected chi connectivity index (χ1v) is 5.82. The summed E-state index contributed by atoms with van der Waals surface area (Å²) in [5.41, 5.74) is 3.30. The number of rotatable bonds is 2. The summed E-state index contributed by atoms with van der Waals surface area (Å²) in [6.45, 7) is 0. The SMILES string of the molecule is [2H]c1cc(-c2ccccc2-c2ccccc2)c([2H])c([2H])c1[2H]. The van der Waals surface area contributed by atoms with Crippen molar-refractivity contribution in [3.63, 3.8) is 0 Å². The van der Waals surface area contributed by atoms with E-state index >= 15 is 0 Å². The van der Waals surface area contributed by atoms with Crippen LogP contribution in [-0.2, 0) is 0 Å². The molecule has 0 aromatic heterocycles. The minimum absolute atomic E-state index is 0.00983. The summed E-state index contributed by atoms with van der Waals surface area (Å²) < 4.78 is 31.5. The molecule has 0 radical (unpaired) electrons. The van der Waals surface area contributed by atoms with Crippen molar-refractivity contribution in [2.24, 2.45) is 0 Å². The molecular formula is C18H14. The molecule has 3 rings (SSSR count). The Morgan fingerprint density at radius 2 is 1.22 bits per heavy atom. The van der Waals surface area contributed by atoms with Gasteiger partial charge in [0.25, 0.3) is 0 Å². The molecule has 0 heteroatoms. The maximum Gasteiger partial charge on any atom is 0.0629 e. The van der Waals surface area contributed by atoms with E-state index in [2.05, 4.69) is 0 Å². The van der Waals surface area contributed by atoms with Crippen LogP contribution in [0.4, 0.5) is 0 Å². The molecule has 0 saturated carbocycles. The summed E-state index contributed by atoms with van der Waals surface area (Å²) in [4.78, 5) is 0. The topological polar surface area (TPSA) is 0 Å². The van der Waals surface area contributed by atoms with Crippen LogP contribution in [0.25, 0.3) is 22.3 Å². The second-order valence-electron chi connectivity index (χ2n) is 3.99. The Morgan fingerprint density at radius 3 is 2.00 bits per heavy atom. The van der Waals surface area contributed by atoms with Gasteiger partial charge in [0.05, 0.1) is 5.48 Å². The minimum Gasteiger partial charge on any atom is -0.0622 e. The summed E-state index contributed by atoms with van der Waals surface area (Å²) in [7, 11) is 0. The van der Waals surface area contributed by atoms with Crippen LogP contribution in [0.15, 0.2) is 84.8 Å². The number of benzene rings is 3. The molecular weight excluding hydrogens is 216 g/mol. The first-order chi connectivity index (χ1) is 10.6. The third-order valence-electron chi connectivity index (χ3n) is 2.85. The summed E-state index contributed by atoms with van der Waals surface area (Å²) >= 11 is 0. The third-order valence-corrected chi connectivity index (χ3v) is 2.85. The Bertz CT molecular complexity index is 826. The Morgan fingerprint density at radius 1 is 0.556 bits per heavy atom. The second-order valence-corrected chi connectivity index (χ2v) is 3.99. The maximum atomic E-state index is 8.14. The molecule has 0 unspecified atom stereocenters. The molecule has 0 fully saturated rings. The van der Waals surface area contributed by atoms with Crippen LogP contribution in [0.1, 0.15) is 5.48 Å². The van der Waals surface area contributed by atoms with Crippen molar-refractivity contribution in [2.45, 2.75) is 0 Å². The predicted molar refractivity (Wildman–Crippen MR) is 77.3 cm³/mol. The van der Waals surface area contributed by atoms with Crippen LogP contribution in [0.5, 0.6) is 0 Å². The Kier molecular flexibility index (Phi) is 1.95. The van der Waals surface area contributed by atoms with Crippen molar-refractivity contribution in [1.29, 1.82) is 0 Å². The van der Waals surface area contributed by atoms with E-state index in [0.717, 1.165) is 16.7 Å². The fourth-order valence-corrected chi connectivity index (χ4v) is 2.01. The van der Waals surface area contributed by atoms with Crippen molar-refractivity contribution in [2.75, 3.05) is 0 Å². The molecule has 0 bridgehead atoms. The van der Waals surface area contributed by atoms with Crippen LogP contribution in [0, 0.1) is 0 Å². The van der Waals surface area contributed by atoms with Gasteiger partial charge in [-0.1, -0.05) is 84.8 Å². The zero-order chi connectivity index (χ0) is 15.7. The van der Waals surface area contributed by atoms with Gasteiger partial charge in [-0.2, -0.15) is 0 Å². The van der Waals surface area contributed by atoms with Gasteiger partial charge in [0.15, 0.2) is 0 Å². The lowest BCUT2D eigenvalue weighted by atomic mass is 9.95. The molecule has 0 aliphatic carbocycles. The Labute approximate surface area is 113 Å². The van der Waals surface area contributed by atoms with Crippen molar-refractivity contribution >= 4 is 0 Å². The first-order valence-electron chi connectivity index (χ1n) is 7.82. The lowest BCUT2D eigenvalue weighted by Gasteiger charge is -2.09. The van der Waals surface area contributed by atoms with Gasteiger partial charge in [0.2, 0.25) is 0 Å². The summed E-state index contributed by atoms with van der Waals surface area (Å²) in [6.07, 6.45) is 0.